The molecule has 1 aliphatic heterocycles. The zero-order chi connectivity index (χ0) is 17.8. The number of hydrogen-bond acceptors (Lipinski definition) is 4. The number of nitrogens with zero attached hydrogens (tertiary/aromatic N) is 5. The van der Waals surface area contributed by atoms with Gasteiger partial charge < -0.3 is 0 Å². The molecular weight excluding hydrogens is 314 g/mol. The molecule has 1 amide bonds. The Kier molecular flexibility index (Phi) is 3.39. The second-order valence-electron chi connectivity index (χ2n) is 7.25. The number of fused-ring (bicyclic) bond motifs is 1. The standard InChI is InChI=1S/C19H21N5O/c1-12-20-10-14(11-21-12)13-5-6-15-16(9-13)24(18(25)19(15,2)3)17-7-8-23(4)22-17/h5,7-11,15H,6H2,1-4H3. The van der Waals surface area contributed by atoms with Crippen LogP contribution in [0, 0.1) is 18.3 Å². The summed E-state index contributed by atoms with van der Waals surface area (Å²) in [6, 6.07) is 1.88. The van der Waals surface area contributed by atoms with E-state index in [9.17, 15) is 4.79 Å². The van der Waals surface area contributed by atoms with Crippen LogP contribution < -0.4 is 4.90 Å². The predicted octanol–water partition coefficient (Wildman–Crippen LogP) is 2.88. The van der Waals surface area contributed by atoms with Crippen molar-refractivity contribution in [1.29, 1.82) is 0 Å². The number of allylic oxidation sites excluding steroid dienone is 4. The minimum atomic E-state index is -0.449. The summed E-state index contributed by atoms with van der Waals surface area (Å²) >= 11 is 0. The van der Waals surface area contributed by atoms with Crippen LogP contribution in [0.3, 0.4) is 0 Å². The molecule has 1 fully saturated rings. The zero-order valence-corrected chi connectivity index (χ0v) is 14.9. The normalized spacial score (nSPS) is 21.8. The minimum absolute atomic E-state index is 0.0947. The molecule has 1 atom stereocenters. The van der Waals surface area contributed by atoms with Crippen LogP contribution in [0.15, 0.2) is 42.5 Å². The molecule has 3 heterocycles. The highest BCUT2D eigenvalue weighted by Crippen LogP contribution is 2.50. The van der Waals surface area contributed by atoms with Gasteiger partial charge in [0, 0.05) is 48.9 Å². The van der Waals surface area contributed by atoms with Gasteiger partial charge in [-0.1, -0.05) is 19.9 Å². The largest absolute Gasteiger partial charge is 0.274 e. The molecule has 1 aliphatic carbocycles. The highest BCUT2D eigenvalue weighted by atomic mass is 16.2. The lowest BCUT2D eigenvalue weighted by molar-refractivity contribution is -0.125. The zero-order valence-electron chi connectivity index (χ0n) is 14.9. The minimum Gasteiger partial charge on any atom is -0.274 e. The van der Waals surface area contributed by atoms with E-state index in [4.69, 9.17) is 0 Å². The SMILES string of the molecule is Cc1ncc(C2=CCC3C(=C2)N(c2ccn(C)n2)C(=O)C3(C)C)cn1. The van der Waals surface area contributed by atoms with Gasteiger partial charge in [-0.2, -0.15) is 5.10 Å². The van der Waals surface area contributed by atoms with Crippen LogP contribution in [-0.2, 0) is 11.8 Å². The third-order valence-corrected chi connectivity index (χ3v) is 5.16. The van der Waals surface area contributed by atoms with Crippen LogP contribution in [0.4, 0.5) is 5.82 Å². The lowest BCUT2D eigenvalue weighted by Gasteiger charge is -2.25. The third-order valence-electron chi connectivity index (χ3n) is 5.16. The topological polar surface area (TPSA) is 63.9 Å². The summed E-state index contributed by atoms with van der Waals surface area (Å²) in [6.07, 6.45) is 10.6. The second kappa shape index (κ2) is 5.37. The number of aromatic nitrogens is 4. The first-order valence-electron chi connectivity index (χ1n) is 8.43. The number of amides is 1. The Labute approximate surface area is 146 Å². The molecule has 0 aromatic carbocycles. The van der Waals surface area contributed by atoms with Crippen molar-refractivity contribution in [3.63, 3.8) is 0 Å². The highest BCUT2D eigenvalue weighted by Gasteiger charge is 2.52. The molecule has 0 radical (unpaired) electrons. The molecule has 25 heavy (non-hydrogen) atoms. The van der Waals surface area contributed by atoms with Crippen LogP contribution >= 0.6 is 0 Å². The fraction of sp³-hybridized carbons (Fsp3) is 0.368. The van der Waals surface area contributed by atoms with E-state index in [2.05, 4.69) is 27.2 Å². The average molecular weight is 335 g/mol. The molecule has 4 rings (SSSR count). The lowest BCUT2D eigenvalue weighted by Crippen LogP contribution is -2.31. The Balaban J connectivity index is 1.79. The van der Waals surface area contributed by atoms with Gasteiger partial charge in [0.05, 0.1) is 5.41 Å². The number of anilines is 1. The van der Waals surface area contributed by atoms with E-state index in [-0.39, 0.29) is 11.8 Å². The summed E-state index contributed by atoms with van der Waals surface area (Å²) in [5, 5.41) is 4.45. The molecular formula is C19H21N5O. The van der Waals surface area contributed by atoms with Crippen molar-refractivity contribution in [2.45, 2.75) is 27.2 Å². The molecule has 2 aromatic heterocycles. The molecule has 6 nitrogen and oxygen atoms in total. The van der Waals surface area contributed by atoms with Crippen LogP contribution in [0.25, 0.3) is 5.57 Å². The van der Waals surface area contributed by atoms with E-state index in [1.807, 2.05) is 52.5 Å². The van der Waals surface area contributed by atoms with Gasteiger partial charge in [-0.25, -0.2) is 9.97 Å². The predicted molar refractivity (Wildman–Crippen MR) is 95.4 cm³/mol. The summed E-state index contributed by atoms with van der Waals surface area (Å²) in [4.78, 5) is 23.4. The van der Waals surface area contributed by atoms with Crippen LogP contribution in [0.1, 0.15) is 31.7 Å². The molecule has 0 saturated carbocycles. The summed E-state index contributed by atoms with van der Waals surface area (Å²) < 4.78 is 1.72. The molecule has 0 spiro atoms. The lowest BCUT2D eigenvalue weighted by atomic mass is 9.75. The Hall–Kier alpha value is -2.76. The van der Waals surface area contributed by atoms with Gasteiger partial charge >= 0.3 is 0 Å². The molecule has 0 bridgehead atoms. The average Bonchev–Trinajstić information content (AvgIpc) is 3.08. The first-order valence-corrected chi connectivity index (χ1v) is 8.43. The maximum atomic E-state index is 13.1. The Bertz CT molecular complexity index is 904. The van der Waals surface area contributed by atoms with E-state index in [1.54, 1.807) is 9.58 Å². The highest BCUT2D eigenvalue weighted by molar-refractivity contribution is 6.04. The van der Waals surface area contributed by atoms with Gasteiger partial charge in [-0.15, -0.1) is 0 Å². The number of rotatable bonds is 2. The Morgan fingerprint density at radius 2 is 1.96 bits per heavy atom. The van der Waals surface area contributed by atoms with E-state index in [1.165, 1.54) is 0 Å². The molecule has 1 unspecified atom stereocenters. The van der Waals surface area contributed by atoms with Crippen molar-refractivity contribution in [2.75, 3.05) is 4.90 Å². The molecule has 6 heteroatoms. The molecule has 2 aromatic rings. The maximum absolute atomic E-state index is 13.1. The van der Waals surface area contributed by atoms with E-state index < -0.39 is 5.41 Å². The number of carbonyl (C=O) groups is 1. The Morgan fingerprint density at radius 1 is 1.24 bits per heavy atom. The van der Waals surface area contributed by atoms with Crippen molar-refractivity contribution in [1.82, 2.24) is 19.7 Å². The summed E-state index contributed by atoms with van der Waals surface area (Å²) in [5.41, 5.74) is 2.58. The van der Waals surface area contributed by atoms with Crippen molar-refractivity contribution >= 4 is 17.3 Å². The second-order valence-corrected chi connectivity index (χ2v) is 7.25. The number of hydrogen-bond donors (Lipinski definition) is 0. The van der Waals surface area contributed by atoms with Gasteiger partial charge in [-0.3, -0.25) is 14.4 Å². The molecule has 128 valence electrons. The smallest absolute Gasteiger partial charge is 0.238 e. The van der Waals surface area contributed by atoms with Gasteiger partial charge in [0.25, 0.3) is 0 Å². The van der Waals surface area contributed by atoms with E-state index in [0.717, 1.165) is 29.1 Å². The van der Waals surface area contributed by atoms with E-state index >= 15 is 0 Å². The van der Waals surface area contributed by atoms with E-state index in [0.29, 0.717) is 5.82 Å². The summed E-state index contributed by atoms with van der Waals surface area (Å²) in [6.45, 7) is 5.91. The monoisotopic (exact) mass is 335 g/mol. The fourth-order valence-electron chi connectivity index (χ4n) is 3.62. The van der Waals surface area contributed by atoms with Crippen molar-refractivity contribution in [3.8, 4) is 0 Å². The van der Waals surface area contributed by atoms with Gasteiger partial charge in [0.2, 0.25) is 5.91 Å². The maximum Gasteiger partial charge on any atom is 0.238 e. The van der Waals surface area contributed by atoms with Gasteiger partial charge in [-0.05, 0) is 25.0 Å². The number of aryl methyl sites for hydroxylation is 2. The Morgan fingerprint density at radius 3 is 2.60 bits per heavy atom. The van der Waals surface area contributed by atoms with Crippen molar-refractivity contribution in [2.24, 2.45) is 18.4 Å². The number of carbonyl (C=O) groups excluding carboxylic acids is 1. The first kappa shape index (κ1) is 15.7. The van der Waals surface area contributed by atoms with Crippen LogP contribution in [-0.4, -0.2) is 25.7 Å². The molecule has 0 N–H and O–H groups in total. The molecule has 1 saturated heterocycles. The fourth-order valence-corrected chi connectivity index (χ4v) is 3.62. The van der Waals surface area contributed by atoms with Crippen LogP contribution in [0.5, 0.6) is 0 Å². The third kappa shape index (κ3) is 2.40. The summed E-state index contributed by atoms with van der Waals surface area (Å²) in [5.74, 6) is 1.67. The first-order chi connectivity index (χ1) is 11.9. The molecule has 2 aliphatic rings. The van der Waals surface area contributed by atoms with Crippen molar-refractivity contribution in [3.05, 3.63) is 53.9 Å². The quantitative estimate of drug-likeness (QED) is 0.846. The van der Waals surface area contributed by atoms with Crippen molar-refractivity contribution < 1.29 is 4.79 Å². The van der Waals surface area contributed by atoms with Gasteiger partial charge in [0.15, 0.2) is 5.82 Å². The summed E-state index contributed by atoms with van der Waals surface area (Å²) in [7, 11) is 1.86. The van der Waals surface area contributed by atoms with Crippen LogP contribution in [0.2, 0.25) is 0 Å². The van der Waals surface area contributed by atoms with Gasteiger partial charge in [0.1, 0.15) is 5.82 Å².